The number of rotatable bonds is 4. The summed E-state index contributed by atoms with van der Waals surface area (Å²) < 4.78 is 7.14. The third-order valence-corrected chi connectivity index (χ3v) is 5.16. The largest absolute Gasteiger partial charge is 0.467 e. The lowest BCUT2D eigenvalue weighted by atomic mass is 10.2. The van der Waals surface area contributed by atoms with Crippen molar-refractivity contribution in [2.45, 2.75) is 20.4 Å². The first kappa shape index (κ1) is 15.7. The van der Waals surface area contributed by atoms with Gasteiger partial charge in [-0.05, 0) is 44.2 Å². The number of nitrogens with one attached hydrogen (secondary N) is 1. The molecular formula is C19H17N3O2S. The van der Waals surface area contributed by atoms with Gasteiger partial charge in [0.25, 0.3) is 5.91 Å². The minimum Gasteiger partial charge on any atom is -0.467 e. The summed E-state index contributed by atoms with van der Waals surface area (Å²) in [5.74, 6) is 0.629. The van der Waals surface area contributed by atoms with Crippen LogP contribution < -0.4 is 5.32 Å². The molecule has 1 amide bonds. The quantitative estimate of drug-likeness (QED) is 0.599. The van der Waals surface area contributed by atoms with Crippen LogP contribution in [0.2, 0.25) is 0 Å². The summed E-state index contributed by atoms with van der Waals surface area (Å²) in [5.41, 5.74) is 3.11. The molecule has 0 fully saturated rings. The maximum Gasteiger partial charge on any atom is 0.261 e. The van der Waals surface area contributed by atoms with Gasteiger partial charge in [-0.25, -0.2) is 4.68 Å². The Kier molecular flexibility index (Phi) is 3.89. The van der Waals surface area contributed by atoms with E-state index in [4.69, 9.17) is 4.42 Å². The molecule has 25 heavy (non-hydrogen) atoms. The van der Waals surface area contributed by atoms with E-state index in [-0.39, 0.29) is 5.91 Å². The number of hydrogen-bond acceptors (Lipinski definition) is 4. The van der Waals surface area contributed by atoms with Gasteiger partial charge in [0.1, 0.15) is 10.6 Å². The van der Waals surface area contributed by atoms with Crippen molar-refractivity contribution in [3.8, 4) is 5.69 Å². The standard InChI is InChI=1S/C19H17N3O2S/c1-12-5-7-14(8-6-12)22-19-16(13(2)21-22)10-17(25-19)18(23)20-11-15-4-3-9-24-15/h3-10H,11H2,1-2H3,(H,20,23). The Labute approximate surface area is 148 Å². The fourth-order valence-corrected chi connectivity index (χ4v) is 3.79. The lowest BCUT2D eigenvalue weighted by molar-refractivity contribution is 0.0952. The molecule has 0 aliphatic carbocycles. The molecule has 3 aromatic heterocycles. The number of thiophene rings is 1. The molecule has 5 nitrogen and oxygen atoms in total. The van der Waals surface area contributed by atoms with Crippen molar-refractivity contribution in [3.05, 3.63) is 70.6 Å². The number of nitrogens with zero attached hydrogens (tertiary/aromatic N) is 2. The minimum atomic E-state index is -0.104. The zero-order valence-corrected chi connectivity index (χ0v) is 14.8. The molecule has 4 rings (SSSR count). The molecule has 0 unspecified atom stereocenters. The monoisotopic (exact) mass is 351 g/mol. The summed E-state index contributed by atoms with van der Waals surface area (Å²) in [6, 6.07) is 13.7. The number of hydrogen-bond donors (Lipinski definition) is 1. The van der Waals surface area contributed by atoms with Gasteiger partial charge in [0.05, 0.1) is 29.1 Å². The van der Waals surface area contributed by atoms with E-state index < -0.39 is 0 Å². The van der Waals surface area contributed by atoms with Gasteiger partial charge in [-0.15, -0.1) is 11.3 Å². The van der Waals surface area contributed by atoms with Gasteiger partial charge in [-0.1, -0.05) is 17.7 Å². The second-order valence-corrected chi connectivity index (χ2v) is 6.95. The van der Waals surface area contributed by atoms with Crippen LogP contribution in [0.4, 0.5) is 0 Å². The van der Waals surface area contributed by atoms with Crippen molar-refractivity contribution in [3.63, 3.8) is 0 Å². The fraction of sp³-hybridized carbons (Fsp3) is 0.158. The Morgan fingerprint density at radius 2 is 2.04 bits per heavy atom. The summed E-state index contributed by atoms with van der Waals surface area (Å²) >= 11 is 1.45. The van der Waals surface area contributed by atoms with Gasteiger partial charge in [-0.2, -0.15) is 5.10 Å². The maximum absolute atomic E-state index is 12.4. The van der Waals surface area contributed by atoms with Crippen LogP contribution >= 0.6 is 11.3 Å². The van der Waals surface area contributed by atoms with Gasteiger partial charge in [-0.3, -0.25) is 4.79 Å². The summed E-state index contributed by atoms with van der Waals surface area (Å²) in [5, 5.41) is 8.51. The van der Waals surface area contributed by atoms with Crippen molar-refractivity contribution < 1.29 is 9.21 Å². The normalized spacial score (nSPS) is 11.1. The number of aromatic nitrogens is 2. The second kappa shape index (κ2) is 6.22. The molecule has 0 spiro atoms. The average Bonchev–Trinajstić information content (AvgIpc) is 3.32. The van der Waals surface area contributed by atoms with Gasteiger partial charge in [0.15, 0.2) is 0 Å². The Morgan fingerprint density at radius 3 is 2.76 bits per heavy atom. The highest BCUT2D eigenvalue weighted by Crippen LogP contribution is 2.30. The number of benzene rings is 1. The SMILES string of the molecule is Cc1ccc(-n2nc(C)c3cc(C(=O)NCc4ccco4)sc32)cc1. The highest BCUT2D eigenvalue weighted by molar-refractivity contribution is 7.20. The van der Waals surface area contributed by atoms with Crippen molar-refractivity contribution in [1.82, 2.24) is 15.1 Å². The summed E-state index contributed by atoms with van der Waals surface area (Å²) in [7, 11) is 0. The molecule has 0 bridgehead atoms. The zero-order valence-electron chi connectivity index (χ0n) is 13.9. The maximum atomic E-state index is 12.4. The molecule has 0 aliphatic heterocycles. The number of carbonyl (C=O) groups is 1. The Balaban J connectivity index is 1.64. The van der Waals surface area contributed by atoms with Gasteiger partial charge >= 0.3 is 0 Å². The van der Waals surface area contributed by atoms with Crippen molar-refractivity contribution >= 4 is 27.5 Å². The number of aryl methyl sites for hydroxylation is 2. The summed E-state index contributed by atoms with van der Waals surface area (Å²) in [6.07, 6.45) is 1.60. The number of carbonyl (C=O) groups excluding carboxylic acids is 1. The van der Waals surface area contributed by atoms with E-state index in [1.165, 1.54) is 16.9 Å². The Bertz CT molecular complexity index is 1030. The van der Waals surface area contributed by atoms with E-state index in [0.717, 1.165) is 27.4 Å². The topological polar surface area (TPSA) is 60.1 Å². The van der Waals surface area contributed by atoms with Crippen LogP contribution in [-0.2, 0) is 6.54 Å². The van der Waals surface area contributed by atoms with Crippen LogP contribution in [0.15, 0.2) is 53.1 Å². The van der Waals surface area contributed by atoms with Crippen LogP contribution in [0, 0.1) is 13.8 Å². The number of furan rings is 1. The van der Waals surface area contributed by atoms with E-state index in [1.54, 1.807) is 12.3 Å². The van der Waals surface area contributed by atoms with Crippen LogP contribution in [0.25, 0.3) is 15.9 Å². The molecule has 0 saturated carbocycles. The van der Waals surface area contributed by atoms with E-state index in [2.05, 4.69) is 29.5 Å². The van der Waals surface area contributed by atoms with E-state index in [9.17, 15) is 4.79 Å². The molecule has 0 saturated heterocycles. The number of amides is 1. The highest BCUT2D eigenvalue weighted by atomic mass is 32.1. The first-order chi connectivity index (χ1) is 12.1. The molecular weight excluding hydrogens is 334 g/mol. The van der Waals surface area contributed by atoms with Crippen molar-refractivity contribution in [1.29, 1.82) is 0 Å². The van der Waals surface area contributed by atoms with Gasteiger partial charge in [0, 0.05) is 5.39 Å². The molecule has 0 radical (unpaired) electrons. The summed E-state index contributed by atoms with van der Waals surface area (Å²) in [6.45, 7) is 4.40. The lowest BCUT2D eigenvalue weighted by Crippen LogP contribution is -2.21. The number of fused-ring (bicyclic) bond motifs is 1. The van der Waals surface area contributed by atoms with Crippen molar-refractivity contribution in [2.24, 2.45) is 0 Å². The van der Waals surface area contributed by atoms with Crippen molar-refractivity contribution in [2.75, 3.05) is 0 Å². The van der Waals surface area contributed by atoms with E-state index in [0.29, 0.717) is 11.4 Å². The first-order valence-corrected chi connectivity index (χ1v) is 8.80. The Morgan fingerprint density at radius 1 is 1.24 bits per heavy atom. The average molecular weight is 351 g/mol. The fourth-order valence-electron chi connectivity index (χ4n) is 2.69. The smallest absolute Gasteiger partial charge is 0.261 e. The first-order valence-electron chi connectivity index (χ1n) is 7.98. The Hall–Kier alpha value is -2.86. The molecule has 1 aromatic carbocycles. The molecule has 3 heterocycles. The second-order valence-electron chi connectivity index (χ2n) is 5.92. The van der Waals surface area contributed by atoms with Crippen LogP contribution in [0.3, 0.4) is 0 Å². The molecule has 0 atom stereocenters. The molecule has 4 aromatic rings. The molecule has 6 heteroatoms. The summed E-state index contributed by atoms with van der Waals surface area (Å²) in [4.78, 5) is 14.1. The third-order valence-electron chi connectivity index (χ3n) is 4.05. The van der Waals surface area contributed by atoms with Crippen LogP contribution in [-0.4, -0.2) is 15.7 Å². The molecule has 1 N–H and O–H groups in total. The van der Waals surface area contributed by atoms with E-state index >= 15 is 0 Å². The van der Waals surface area contributed by atoms with Crippen LogP contribution in [0.1, 0.15) is 26.7 Å². The highest BCUT2D eigenvalue weighted by Gasteiger charge is 2.17. The predicted molar refractivity (Wildman–Crippen MR) is 98.3 cm³/mol. The van der Waals surface area contributed by atoms with Gasteiger partial charge < -0.3 is 9.73 Å². The van der Waals surface area contributed by atoms with E-state index in [1.807, 2.05) is 35.9 Å². The zero-order chi connectivity index (χ0) is 17.4. The third kappa shape index (κ3) is 2.96. The predicted octanol–water partition coefficient (Wildman–Crippen LogP) is 4.23. The van der Waals surface area contributed by atoms with Crippen LogP contribution in [0.5, 0.6) is 0 Å². The lowest BCUT2D eigenvalue weighted by Gasteiger charge is -2.03. The molecule has 0 aliphatic rings. The minimum absolute atomic E-state index is 0.104. The molecule has 126 valence electrons. The van der Waals surface area contributed by atoms with Gasteiger partial charge in [0.2, 0.25) is 0 Å².